The van der Waals surface area contributed by atoms with E-state index in [1.165, 1.54) is 59.6 Å². The summed E-state index contributed by atoms with van der Waals surface area (Å²) in [4.78, 5) is 26.0. The molecule has 1 N–H and O–H groups in total. The Labute approximate surface area is 236 Å². The van der Waals surface area contributed by atoms with Crippen LogP contribution in [0.1, 0.15) is 25.8 Å². The number of carbonyl (C=O) groups excluding carboxylic acids is 2. The molecule has 2 rings (SSSR count). The summed E-state index contributed by atoms with van der Waals surface area (Å²) >= 11 is 0. The van der Waals surface area contributed by atoms with Crippen LogP contribution in [0.15, 0.2) is 102 Å². The number of carbonyl (C=O) groups is 2. The Bertz CT molecular complexity index is 1420. The van der Waals surface area contributed by atoms with E-state index in [2.05, 4.69) is 18.5 Å². The monoisotopic (exact) mass is 569 g/mol. The molecule has 0 aliphatic carbocycles. The molecule has 1 aliphatic heterocycles. The molecule has 0 aromatic heterocycles. The van der Waals surface area contributed by atoms with Gasteiger partial charge in [-0.25, -0.2) is 12.8 Å². The zero-order valence-electron chi connectivity index (χ0n) is 23.5. The van der Waals surface area contributed by atoms with E-state index in [0.29, 0.717) is 22.3 Å². The molecule has 1 heterocycles. The van der Waals surface area contributed by atoms with Crippen molar-refractivity contribution in [1.82, 2.24) is 14.5 Å². The Morgan fingerprint density at radius 2 is 1.80 bits per heavy atom. The number of likely N-dealkylation sites (N-methyl/N-ethyl adjacent to an activating group) is 2. The molecular weight excluding hydrogens is 533 g/mol. The molecule has 10 heteroatoms. The Kier molecular flexibility index (Phi) is 11.4. The van der Waals surface area contributed by atoms with Crippen molar-refractivity contribution in [3.63, 3.8) is 0 Å². The van der Waals surface area contributed by atoms with Crippen molar-refractivity contribution in [3.05, 3.63) is 113 Å². The fourth-order valence-electron chi connectivity index (χ4n) is 3.87. The fourth-order valence-corrected chi connectivity index (χ4v) is 4.79. The number of halogens is 1. The number of allylic oxidation sites excluding steroid dienone is 9. The molecule has 1 aromatic carbocycles. The summed E-state index contributed by atoms with van der Waals surface area (Å²) in [7, 11) is -0.810. The molecule has 40 heavy (non-hydrogen) atoms. The van der Waals surface area contributed by atoms with Crippen LogP contribution in [0.3, 0.4) is 0 Å². The topological polar surface area (TPSA) is 96.0 Å². The summed E-state index contributed by atoms with van der Waals surface area (Å²) < 4.78 is 47.1. The SMILES string of the molecule is C=CC(=C(\C=C1/CC(C(=O)NC)=C(c2ccc(F)cc2)O1)N(CCN(C)C(C)=O)S(C)(=O)=O)/C(C=C)=C/C=C\C. The first-order valence-corrected chi connectivity index (χ1v) is 14.3. The molecular formula is C30H36FN3O5S. The van der Waals surface area contributed by atoms with Gasteiger partial charge in [-0.2, -0.15) is 0 Å². The van der Waals surface area contributed by atoms with Crippen molar-refractivity contribution < 1.29 is 27.1 Å². The largest absolute Gasteiger partial charge is 0.460 e. The van der Waals surface area contributed by atoms with Gasteiger partial charge in [0.1, 0.15) is 17.3 Å². The van der Waals surface area contributed by atoms with Crippen LogP contribution in [0.4, 0.5) is 4.39 Å². The van der Waals surface area contributed by atoms with Crippen LogP contribution < -0.4 is 5.32 Å². The Balaban J connectivity index is 2.79. The van der Waals surface area contributed by atoms with Gasteiger partial charge in [-0.15, -0.1) is 0 Å². The first-order valence-electron chi connectivity index (χ1n) is 12.5. The van der Waals surface area contributed by atoms with Crippen LogP contribution in [0.5, 0.6) is 0 Å². The van der Waals surface area contributed by atoms with Gasteiger partial charge in [-0.05, 0) is 36.8 Å². The molecule has 2 amide bonds. The molecule has 0 atom stereocenters. The number of benzene rings is 1. The minimum Gasteiger partial charge on any atom is -0.460 e. The maximum atomic E-state index is 13.6. The number of rotatable bonds is 12. The van der Waals surface area contributed by atoms with Crippen molar-refractivity contribution in [2.45, 2.75) is 20.3 Å². The number of ether oxygens (including phenoxy) is 1. The molecule has 8 nitrogen and oxygen atoms in total. The summed E-state index contributed by atoms with van der Waals surface area (Å²) in [6, 6.07) is 5.52. The number of sulfonamides is 1. The highest BCUT2D eigenvalue weighted by atomic mass is 32.2. The van der Waals surface area contributed by atoms with E-state index in [1.54, 1.807) is 25.3 Å². The molecule has 0 spiro atoms. The minimum absolute atomic E-state index is 0.0489. The molecule has 214 valence electrons. The van der Waals surface area contributed by atoms with Crippen LogP contribution in [0.25, 0.3) is 5.76 Å². The van der Waals surface area contributed by atoms with Crippen molar-refractivity contribution in [2.75, 3.05) is 33.4 Å². The van der Waals surface area contributed by atoms with E-state index in [9.17, 15) is 22.4 Å². The molecule has 1 aromatic rings. The van der Waals surface area contributed by atoms with Gasteiger partial charge in [-0.3, -0.25) is 13.9 Å². The second-order valence-electron chi connectivity index (χ2n) is 8.91. The normalized spacial score (nSPS) is 15.6. The summed E-state index contributed by atoms with van der Waals surface area (Å²) in [5.41, 5.74) is 2.04. The third kappa shape index (κ3) is 8.16. The maximum Gasteiger partial charge on any atom is 0.251 e. The summed E-state index contributed by atoms with van der Waals surface area (Å²) in [6.45, 7) is 11.1. The molecule has 0 saturated carbocycles. The van der Waals surface area contributed by atoms with Gasteiger partial charge in [0.25, 0.3) is 5.91 Å². The van der Waals surface area contributed by atoms with Gasteiger partial charge in [0, 0.05) is 51.2 Å². The van der Waals surface area contributed by atoms with E-state index < -0.39 is 15.8 Å². The second-order valence-corrected chi connectivity index (χ2v) is 10.8. The highest BCUT2D eigenvalue weighted by molar-refractivity contribution is 7.88. The maximum absolute atomic E-state index is 13.6. The third-order valence-electron chi connectivity index (χ3n) is 6.09. The van der Waals surface area contributed by atoms with Crippen molar-refractivity contribution >= 4 is 27.6 Å². The highest BCUT2D eigenvalue weighted by Gasteiger charge is 2.30. The number of nitrogens with zero attached hydrogens (tertiary/aromatic N) is 2. The second kappa shape index (κ2) is 14.3. The van der Waals surface area contributed by atoms with Gasteiger partial charge in [0.15, 0.2) is 0 Å². The van der Waals surface area contributed by atoms with E-state index in [0.717, 1.165) is 6.26 Å². The Hall–Kier alpha value is -4.18. The van der Waals surface area contributed by atoms with E-state index in [-0.39, 0.29) is 48.5 Å². The van der Waals surface area contributed by atoms with Crippen LogP contribution in [0, 0.1) is 5.82 Å². The summed E-state index contributed by atoms with van der Waals surface area (Å²) in [6.07, 6.45) is 11.1. The summed E-state index contributed by atoms with van der Waals surface area (Å²) in [5, 5.41) is 2.59. The zero-order chi connectivity index (χ0) is 30.0. The lowest BCUT2D eigenvalue weighted by atomic mass is 10.0. The van der Waals surface area contributed by atoms with Crippen molar-refractivity contribution in [1.29, 1.82) is 0 Å². The van der Waals surface area contributed by atoms with Gasteiger partial charge >= 0.3 is 0 Å². The highest BCUT2D eigenvalue weighted by Crippen LogP contribution is 2.37. The fraction of sp³-hybridized carbons (Fsp3) is 0.267. The Morgan fingerprint density at radius 3 is 2.30 bits per heavy atom. The first kappa shape index (κ1) is 32.0. The Morgan fingerprint density at radius 1 is 1.15 bits per heavy atom. The van der Waals surface area contributed by atoms with Gasteiger partial charge in [0.05, 0.1) is 24.1 Å². The van der Waals surface area contributed by atoms with Crippen molar-refractivity contribution in [2.24, 2.45) is 0 Å². The van der Waals surface area contributed by atoms with E-state index in [1.807, 2.05) is 13.0 Å². The van der Waals surface area contributed by atoms with Gasteiger partial charge in [-0.1, -0.05) is 43.5 Å². The van der Waals surface area contributed by atoms with Gasteiger partial charge < -0.3 is 15.0 Å². The third-order valence-corrected chi connectivity index (χ3v) is 7.27. The quantitative estimate of drug-likeness (QED) is 0.375. The predicted octanol–water partition coefficient (Wildman–Crippen LogP) is 4.46. The molecule has 0 bridgehead atoms. The van der Waals surface area contributed by atoms with Crippen LogP contribution in [-0.2, 0) is 24.3 Å². The molecule has 0 fully saturated rings. The molecule has 0 saturated heterocycles. The minimum atomic E-state index is -3.87. The summed E-state index contributed by atoms with van der Waals surface area (Å²) in [5.74, 6) is -0.524. The molecule has 1 aliphatic rings. The molecule has 0 unspecified atom stereocenters. The average molecular weight is 570 g/mol. The number of amides is 2. The lowest BCUT2D eigenvalue weighted by Gasteiger charge is -2.28. The van der Waals surface area contributed by atoms with Crippen LogP contribution in [0.2, 0.25) is 0 Å². The number of hydrogen-bond acceptors (Lipinski definition) is 5. The number of nitrogens with one attached hydrogen (secondary N) is 1. The van der Waals surface area contributed by atoms with Crippen LogP contribution in [-0.4, -0.2) is 62.9 Å². The standard InChI is InChI=1S/C30H36FN3O5S/c1-8-11-12-22(9-2)26(10-3)28(34(40(7,37)38)18-17-33(6)21(4)35)20-25-19-27(30(36)32-5)29(39-25)23-13-15-24(31)16-14-23/h8-16,20H,2-3,17-19H2,1,4-7H3,(H,32,36)/b11-8-,22-12+,25-20+,28-26-. The predicted molar refractivity (Wildman–Crippen MR) is 156 cm³/mol. The van der Waals surface area contributed by atoms with Gasteiger partial charge in [0.2, 0.25) is 15.9 Å². The van der Waals surface area contributed by atoms with Crippen LogP contribution >= 0.6 is 0 Å². The van der Waals surface area contributed by atoms with E-state index >= 15 is 0 Å². The first-order chi connectivity index (χ1) is 18.9. The van der Waals surface area contributed by atoms with Crippen molar-refractivity contribution in [3.8, 4) is 0 Å². The smallest absolute Gasteiger partial charge is 0.251 e. The zero-order valence-corrected chi connectivity index (χ0v) is 24.3. The lowest BCUT2D eigenvalue weighted by Crippen LogP contribution is -2.38. The average Bonchev–Trinajstić information content (AvgIpc) is 3.33. The number of hydrogen-bond donors (Lipinski definition) is 1. The van der Waals surface area contributed by atoms with E-state index in [4.69, 9.17) is 4.74 Å². The molecule has 0 radical (unpaired) electrons. The lowest BCUT2D eigenvalue weighted by molar-refractivity contribution is -0.127.